The maximum atomic E-state index is 8.62. The Morgan fingerprint density at radius 3 is 2.74 bits per heavy atom. The Labute approximate surface area is 109 Å². The van der Waals surface area contributed by atoms with Crippen LogP contribution in [0.4, 0.5) is 5.69 Å². The fourth-order valence-electron chi connectivity index (χ4n) is 1.52. The van der Waals surface area contributed by atoms with Gasteiger partial charge in [0.2, 0.25) is 11.6 Å². The Kier molecular flexibility index (Phi) is 3.56. The van der Waals surface area contributed by atoms with Crippen LogP contribution in [0.5, 0.6) is 5.88 Å². The first-order valence-corrected chi connectivity index (χ1v) is 5.36. The number of methoxy groups -OCH3 is 1. The molecule has 6 heteroatoms. The molecule has 19 heavy (non-hydrogen) atoms. The molecule has 1 heterocycles. The van der Waals surface area contributed by atoms with Crippen LogP contribution in [-0.2, 0) is 0 Å². The number of ether oxygens (including phenoxy) is 1. The Balaban J connectivity index is 2.46. The summed E-state index contributed by atoms with van der Waals surface area (Å²) >= 11 is 0. The van der Waals surface area contributed by atoms with Crippen molar-refractivity contribution >= 4 is 22.3 Å². The third-order valence-corrected chi connectivity index (χ3v) is 2.40. The molecule has 0 aliphatic carbocycles. The van der Waals surface area contributed by atoms with Gasteiger partial charge in [-0.25, -0.2) is 4.98 Å². The predicted molar refractivity (Wildman–Crippen MR) is 70.6 cm³/mol. The van der Waals surface area contributed by atoms with Crippen LogP contribution in [0.25, 0.3) is 10.9 Å². The van der Waals surface area contributed by atoms with E-state index in [4.69, 9.17) is 15.3 Å². The number of hydrazone groups is 1. The number of fused-ring (bicyclic) bond motifs is 1. The van der Waals surface area contributed by atoms with E-state index in [-0.39, 0.29) is 5.71 Å². The molecule has 2 aromatic rings. The number of anilines is 1. The Bertz CT molecular complexity index is 708. The molecule has 0 aliphatic rings. The number of hydrogen-bond donors (Lipinski definition) is 1. The van der Waals surface area contributed by atoms with Gasteiger partial charge in [0.05, 0.1) is 18.3 Å². The van der Waals surface area contributed by atoms with Crippen LogP contribution in [0.3, 0.4) is 0 Å². The van der Waals surface area contributed by atoms with E-state index in [1.165, 1.54) is 7.11 Å². The van der Waals surface area contributed by atoms with E-state index in [1.807, 2.05) is 18.2 Å². The highest BCUT2D eigenvalue weighted by Gasteiger charge is 2.04. The topological polar surface area (TPSA) is 94.1 Å². The molecule has 0 atom stereocenters. The molecule has 0 radical (unpaired) electrons. The summed E-state index contributed by atoms with van der Waals surface area (Å²) in [5.74, 6) is 0.478. The van der Waals surface area contributed by atoms with Gasteiger partial charge in [0.15, 0.2) is 0 Å². The summed E-state index contributed by atoms with van der Waals surface area (Å²) in [7, 11) is 1.53. The van der Waals surface area contributed by atoms with E-state index < -0.39 is 0 Å². The minimum atomic E-state index is -0.250. The Morgan fingerprint density at radius 2 is 2.05 bits per heavy atom. The summed E-state index contributed by atoms with van der Waals surface area (Å²) < 4.78 is 5.07. The van der Waals surface area contributed by atoms with Crippen LogP contribution >= 0.6 is 0 Å². The summed E-state index contributed by atoms with van der Waals surface area (Å²) in [6.45, 7) is 0. The summed E-state index contributed by atoms with van der Waals surface area (Å²) in [5.41, 5.74) is 3.67. The second-order valence-corrected chi connectivity index (χ2v) is 3.53. The lowest BCUT2D eigenvalue weighted by molar-refractivity contribution is 0.399. The summed E-state index contributed by atoms with van der Waals surface area (Å²) in [6.07, 6.45) is 0. The van der Waals surface area contributed by atoms with Gasteiger partial charge in [-0.1, -0.05) is 12.1 Å². The number of benzene rings is 1. The molecular formula is C13H9N5O. The molecular weight excluding hydrogens is 242 g/mol. The zero-order valence-corrected chi connectivity index (χ0v) is 10.1. The van der Waals surface area contributed by atoms with Crippen molar-refractivity contribution in [2.24, 2.45) is 5.10 Å². The quantitative estimate of drug-likeness (QED) is 0.665. The number of para-hydroxylation sites is 1. The first kappa shape index (κ1) is 12.3. The average Bonchev–Trinajstić information content (AvgIpc) is 2.47. The fourth-order valence-corrected chi connectivity index (χ4v) is 1.52. The molecule has 92 valence electrons. The maximum Gasteiger partial charge on any atom is 0.237 e. The van der Waals surface area contributed by atoms with E-state index in [1.54, 1.807) is 24.3 Å². The van der Waals surface area contributed by atoms with Crippen LogP contribution in [-0.4, -0.2) is 17.8 Å². The average molecular weight is 251 g/mol. The molecule has 6 nitrogen and oxygen atoms in total. The second-order valence-electron chi connectivity index (χ2n) is 3.53. The van der Waals surface area contributed by atoms with E-state index in [0.29, 0.717) is 17.1 Å². The Hall–Kier alpha value is -3.12. The number of pyridine rings is 1. The number of nitriles is 2. The second kappa shape index (κ2) is 5.48. The molecule has 1 aromatic carbocycles. The van der Waals surface area contributed by atoms with Crippen molar-refractivity contribution in [3.05, 3.63) is 30.3 Å². The molecule has 0 saturated heterocycles. The first-order valence-electron chi connectivity index (χ1n) is 5.36. The van der Waals surface area contributed by atoms with Gasteiger partial charge in [-0.05, 0) is 12.1 Å². The molecule has 0 saturated carbocycles. The number of nitrogens with one attached hydrogen (secondary N) is 1. The highest BCUT2D eigenvalue weighted by Crippen LogP contribution is 2.23. The standard InChI is InChI=1S/C13H9N5O/c1-19-12-6-5-9-3-2-4-11(13(9)16-12)18-17-10(7-14)8-15/h2-6,18H,1H3. The summed E-state index contributed by atoms with van der Waals surface area (Å²) in [6, 6.07) is 12.4. The molecule has 0 aliphatic heterocycles. The van der Waals surface area contributed by atoms with Crippen LogP contribution in [0.1, 0.15) is 0 Å². The summed E-state index contributed by atoms with van der Waals surface area (Å²) in [4.78, 5) is 4.30. The van der Waals surface area contributed by atoms with Crippen LogP contribution in [0, 0.1) is 22.7 Å². The molecule has 0 fully saturated rings. The minimum absolute atomic E-state index is 0.250. The normalized spacial score (nSPS) is 9.21. The molecule has 0 unspecified atom stereocenters. The van der Waals surface area contributed by atoms with Crippen molar-refractivity contribution < 1.29 is 4.74 Å². The number of nitrogens with zero attached hydrogens (tertiary/aromatic N) is 4. The van der Waals surface area contributed by atoms with E-state index in [2.05, 4.69) is 15.5 Å². The van der Waals surface area contributed by atoms with Gasteiger partial charge < -0.3 is 4.74 Å². The van der Waals surface area contributed by atoms with E-state index in [0.717, 1.165) is 5.39 Å². The van der Waals surface area contributed by atoms with Crippen molar-refractivity contribution in [1.29, 1.82) is 10.5 Å². The monoisotopic (exact) mass is 251 g/mol. The van der Waals surface area contributed by atoms with Crippen LogP contribution < -0.4 is 10.2 Å². The van der Waals surface area contributed by atoms with E-state index in [9.17, 15) is 0 Å². The lowest BCUT2D eigenvalue weighted by Gasteiger charge is -2.06. The van der Waals surface area contributed by atoms with Crippen LogP contribution in [0.2, 0.25) is 0 Å². The van der Waals surface area contributed by atoms with E-state index >= 15 is 0 Å². The smallest absolute Gasteiger partial charge is 0.237 e. The molecule has 0 bridgehead atoms. The fraction of sp³-hybridized carbons (Fsp3) is 0.0769. The highest BCUT2D eigenvalue weighted by molar-refractivity contribution is 6.10. The number of hydrogen-bond acceptors (Lipinski definition) is 6. The van der Waals surface area contributed by atoms with Crippen molar-refractivity contribution in [3.63, 3.8) is 0 Å². The number of aromatic nitrogens is 1. The lowest BCUT2D eigenvalue weighted by atomic mass is 10.2. The molecule has 0 amide bonds. The molecule has 1 aromatic heterocycles. The maximum absolute atomic E-state index is 8.62. The third kappa shape index (κ3) is 2.59. The van der Waals surface area contributed by atoms with Gasteiger partial charge in [0.1, 0.15) is 12.1 Å². The van der Waals surface area contributed by atoms with Gasteiger partial charge >= 0.3 is 0 Å². The van der Waals surface area contributed by atoms with Gasteiger partial charge in [-0.3, -0.25) is 5.43 Å². The zero-order valence-electron chi connectivity index (χ0n) is 10.1. The van der Waals surface area contributed by atoms with Crippen molar-refractivity contribution in [1.82, 2.24) is 4.98 Å². The van der Waals surface area contributed by atoms with Crippen molar-refractivity contribution in [3.8, 4) is 18.0 Å². The van der Waals surface area contributed by atoms with Crippen molar-refractivity contribution in [2.75, 3.05) is 12.5 Å². The lowest BCUT2D eigenvalue weighted by Crippen LogP contribution is -1.98. The number of rotatable bonds is 3. The zero-order chi connectivity index (χ0) is 13.7. The molecule has 2 rings (SSSR count). The third-order valence-electron chi connectivity index (χ3n) is 2.40. The minimum Gasteiger partial charge on any atom is -0.481 e. The predicted octanol–water partition coefficient (Wildman–Crippen LogP) is 2.06. The van der Waals surface area contributed by atoms with Gasteiger partial charge in [0.25, 0.3) is 0 Å². The summed E-state index contributed by atoms with van der Waals surface area (Å²) in [5, 5.41) is 21.8. The highest BCUT2D eigenvalue weighted by atomic mass is 16.5. The molecule has 0 spiro atoms. The van der Waals surface area contributed by atoms with Gasteiger partial charge in [-0.2, -0.15) is 15.6 Å². The molecule has 1 N–H and O–H groups in total. The van der Waals surface area contributed by atoms with Gasteiger partial charge in [0, 0.05) is 11.5 Å². The first-order chi connectivity index (χ1) is 9.28. The van der Waals surface area contributed by atoms with Crippen molar-refractivity contribution in [2.45, 2.75) is 0 Å². The van der Waals surface area contributed by atoms with Gasteiger partial charge in [-0.15, -0.1) is 0 Å². The van der Waals surface area contributed by atoms with Crippen LogP contribution in [0.15, 0.2) is 35.4 Å². The SMILES string of the molecule is COc1ccc2cccc(NN=C(C#N)C#N)c2n1. The largest absolute Gasteiger partial charge is 0.481 e. The Morgan fingerprint density at radius 1 is 1.26 bits per heavy atom.